The molecule has 0 N–H and O–H groups in total. The smallest absolute Gasteiger partial charge is 0.0374 e. The van der Waals surface area contributed by atoms with Crippen LogP contribution in [0.2, 0.25) is 0 Å². The molecule has 1 rings (SSSR count). The molecule has 39 heavy (non-hydrogen) atoms. The molecule has 1 saturated carbocycles. The highest BCUT2D eigenvalue weighted by atomic mass is 14.2. The first-order valence-electron chi connectivity index (χ1n) is 16.7. The summed E-state index contributed by atoms with van der Waals surface area (Å²) >= 11 is 0. The van der Waals surface area contributed by atoms with Crippen molar-refractivity contribution in [2.45, 2.75) is 189 Å². The molecule has 242 valence electrons. The second-order valence-electron chi connectivity index (χ2n) is 9.36. The molecule has 1 atom stereocenters. The van der Waals surface area contributed by atoms with Crippen LogP contribution in [-0.2, 0) is 0 Å². The Bertz CT molecular complexity index is 387. The zero-order chi connectivity index (χ0) is 31.8. The second kappa shape index (κ2) is 61.1. The molecule has 0 aromatic heterocycles. The molecule has 0 spiro atoms. The van der Waals surface area contributed by atoms with Gasteiger partial charge in [0.25, 0.3) is 0 Å². The Morgan fingerprint density at radius 1 is 0.692 bits per heavy atom. The topological polar surface area (TPSA) is 0 Å². The van der Waals surface area contributed by atoms with Gasteiger partial charge in [0.15, 0.2) is 0 Å². The zero-order valence-corrected chi connectivity index (χ0v) is 30.5. The van der Waals surface area contributed by atoms with Gasteiger partial charge in [0.05, 0.1) is 0 Å². The standard InChI is InChI=1S/C10H18.C8H16.C7H16.C4H8.C3H6.3C2H6.CH4/c1-5-7-9(3)10(4)8-6-2;1-7-3-5-8(2)6-4-7;1-4-6-7(3)5-2;1-3-4-2;1-3-2;3*1-2;/h7-8H,5-6H2,1-4H3;7-8H,3-6H2,1-2H3;7H,4-6H2,1-3H3;3H,1,4H2,2H3;3H,1H2,2H3;3*1-2H3;1H4. The van der Waals surface area contributed by atoms with Gasteiger partial charge in [-0.05, 0) is 57.8 Å². The van der Waals surface area contributed by atoms with Gasteiger partial charge >= 0.3 is 0 Å². The fourth-order valence-corrected chi connectivity index (χ4v) is 3.06. The summed E-state index contributed by atoms with van der Waals surface area (Å²) in [7, 11) is 0. The van der Waals surface area contributed by atoms with Gasteiger partial charge in [0.1, 0.15) is 0 Å². The molecule has 1 fully saturated rings. The lowest BCUT2D eigenvalue weighted by Gasteiger charge is -2.22. The largest absolute Gasteiger partial charge is 0.103 e. The Hall–Kier alpha value is -1.04. The molecular formula is C39H86. The van der Waals surface area contributed by atoms with Gasteiger partial charge in [-0.25, -0.2) is 0 Å². The third-order valence-electron chi connectivity index (χ3n) is 5.71. The van der Waals surface area contributed by atoms with E-state index < -0.39 is 0 Å². The first-order chi connectivity index (χ1) is 18.1. The van der Waals surface area contributed by atoms with Gasteiger partial charge in [0, 0.05) is 0 Å². The van der Waals surface area contributed by atoms with E-state index in [4.69, 9.17) is 0 Å². The van der Waals surface area contributed by atoms with Gasteiger partial charge in [0.2, 0.25) is 0 Å². The summed E-state index contributed by atoms with van der Waals surface area (Å²) < 4.78 is 0. The van der Waals surface area contributed by atoms with E-state index in [9.17, 15) is 0 Å². The van der Waals surface area contributed by atoms with Crippen molar-refractivity contribution in [3.8, 4) is 0 Å². The number of rotatable bonds is 7. The van der Waals surface area contributed by atoms with Crippen LogP contribution in [0.1, 0.15) is 189 Å². The maximum atomic E-state index is 3.48. The number of allylic oxidation sites excluding steroid dienone is 6. The lowest BCUT2D eigenvalue weighted by Crippen LogP contribution is -2.08. The summed E-state index contributed by atoms with van der Waals surface area (Å²) in [5.41, 5.74) is 2.84. The van der Waals surface area contributed by atoms with Crippen molar-refractivity contribution >= 4 is 0 Å². The van der Waals surface area contributed by atoms with Crippen LogP contribution in [0.15, 0.2) is 48.6 Å². The van der Waals surface area contributed by atoms with Gasteiger partial charge in [-0.3, -0.25) is 0 Å². The highest BCUT2D eigenvalue weighted by Crippen LogP contribution is 2.27. The minimum absolute atomic E-state index is 0. The van der Waals surface area contributed by atoms with E-state index in [0.29, 0.717) is 0 Å². The van der Waals surface area contributed by atoms with Gasteiger partial charge in [-0.2, -0.15) is 0 Å². The van der Waals surface area contributed by atoms with Gasteiger partial charge in [-0.15, -0.1) is 13.2 Å². The molecule has 0 amide bonds. The molecule has 1 aliphatic rings. The Labute approximate surface area is 255 Å². The number of hydrogen-bond donors (Lipinski definition) is 0. The molecule has 0 radical (unpaired) electrons. The lowest BCUT2D eigenvalue weighted by atomic mass is 9.84. The van der Waals surface area contributed by atoms with Gasteiger partial charge in [-0.1, -0.05) is 185 Å². The zero-order valence-electron chi connectivity index (χ0n) is 30.5. The van der Waals surface area contributed by atoms with E-state index in [1.54, 1.807) is 6.08 Å². The van der Waals surface area contributed by atoms with E-state index >= 15 is 0 Å². The molecule has 0 aliphatic heterocycles. The Morgan fingerprint density at radius 3 is 1.08 bits per heavy atom. The Balaban J connectivity index is -0.0000000505. The van der Waals surface area contributed by atoms with Crippen molar-refractivity contribution in [3.63, 3.8) is 0 Å². The van der Waals surface area contributed by atoms with E-state index in [2.05, 4.69) is 94.5 Å². The van der Waals surface area contributed by atoms with Crippen molar-refractivity contribution < 1.29 is 0 Å². The van der Waals surface area contributed by atoms with Crippen molar-refractivity contribution in [1.82, 2.24) is 0 Å². The first kappa shape index (κ1) is 57.8. The molecule has 0 heterocycles. The molecular weight excluding hydrogens is 468 g/mol. The summed E-state index contributed by atoms with van der Waals surface area (Å²) in [5, 5.41) is 0. The average molecular weight is 555 g/mol. The molecule has 0 saturated heterocycles. The highest BCUT2D eigenvalue weighted by molar-refractivity contribution is 5.26. The first-order valence-corrected chi connectivity index (χ1v) is 16.7. The van der Waals surface area contributed by atoms with Crippen LogP contribution in [0.4, 0.5) is 0 Å². The molecule has 0 aromatic carbocycles. The summed E-state index contributed by atoms with van der Waals surface area (Å²) in [6, 6.07) is 0. The van der Waals surface area contributed by atoms with E-state index in [-0.39, 0.29) is 7.43 Å². The molecule has 0 heteroatoms. The summed E-state index contributed by atoms with van der Waals surface area (Å²) in [6.07, 6.45) is 21.5. The van der Waals surface area contributed by atoms with Crippen molar-refractivity contribution in [2.24, 2.45) is 17.8 Å². The van der Waals surface area contributed by atoms with Crippen LogP contribution >= 0.6 is 0 Å². The van der Waals surface area contributed by atoms with Crippen LogP contribution in [0.25, 0.3) is 0 Å². The Morgan fingerprint density at radius 2 is 0.949 bits per heavy atom. The average Bonchev–Trinajstić information content (AvgIpc) is 2.95. The SMILES string of the molecule is C.C=CC.C=CCC.CC.CC.CC.CC1CCC(C)CC1.CCC=C(C)C(C)=CCC.CCCC(C)CC. The molecule has 0 bridgehead atoms. The number of hydrogen-bond acceptors (Lipinski definition) is 0. The lowest BCUT2D eigenvalue weighted by molar-refractivity contribution is 0.308. The minimum Gasteiger partial charge on any atom is -0.103 e. The van der Waals surface area contributed by atoms with Crippen LogP contribution in [0, 0.1) is 17.8 Å². The van der Waals surface area contributed by atoms with E-state index in [1.807, 2.05) is 54.5 Å². The van der Waals surface area contributed by atoms with E-state index in [0.717, 1.165) is 37.0 Å². The molecule has 0 nitrogen and oxygen atoms in total. The molecule has 0 aromatic rings. The van der Waals surface area contributed by atoms with Crippen molar-refractivity contribution in [1.29, 1.82) is 0 Å². The maximum absolute atomic E-state index is 3.48. The van der Waals surface area contributed by atoms with E-state index in [1.165, 1.54) is 56.1 Å². The fourth-order valence-electron chi connectivity index (χ4n) is 3.06. The van der Waals surface area contributed by atoms with Crippen LogP contribution in [-0.4, -0.2) is 0 Å². The van der Waals surface area contributed by atoms with Crippen LogP contribution in [0.3, 0.4) is 0 Å². The third-order valence-corrected chi connectivity index (χ3v) is 5.71. The summed E-state index contributed by atoms with van der Waals surface area (Å²) in [6.45, 7) is 43.0. The predicted octanol–water partition coefficient (Wildman–Crippen LogP) is 15.9. The second-order valence-corrected chi connectivity index (χ2v) is 9.36. The fraction of sp³-hybridized carbons (Fsp3) is 0.795. The maximum Gasteiger partial charge on any atom is -0.0374 e. The molecule has 1 unspecified atom stereocenters. The summed E-state index contributed by atoms with van der Waals surface area (Å²) in [5.74, 6) is 2.99. The highest BCUT2D eigenvalue weighted by Gasteiger charge is 2.13. The normalized spacial score (nSPS) is 15.7. The summed E-state index contributed by atoms with van der Waals surface area (Å²) in [4.78, 5) is 0. The molecule has 1 aliphatic carbocycles. The third kappa shape index (κ3) is 72.5. The van der Waals surface area contributed by atoms with Gasteiger partial charge < -0.3 is 0 Å². The van der Waals surface area contributed by atoms with Crippen molar-refractivity contribution in [2.75, 3.05) is 0 Å². The minimum atomic E-state index is 0. The predicted molar refractivity (Wildman–Crippen MR) is 196 cm³/mol. The quantitative estimate of drug-likeness (QED) is 0.217. The van der Waals surface area contributed by atoms with Crippen LogP contribution < -0.4 is 0 Å². The Kier molecular flexibility index (Phi) is 90.6. The van der Waals surface area contributed by atoms with Crippen molar-refractivity contribution in [3.05, 3.63) is 48.6 Å². The monoisotopic (exact) mass is 555 g/mol. The van der Waals surface area contributed by atoms with Crippen LogP contribution in [0.5, 0.6) is 0 Å².